The van der Waals surface area contributed by atoms with E-state index in [0.717, 1.165) is 12.1 Å². The molecule has 0 bridgehead atoms. The molecule has 0 atom stereocenters. The summed E-state index contributed by atoms with van der Waals surface area (Å²) in [6.45, 7) is 0. The fourth-order valence-electron chi connectivity index (χ4n) is 0.727. The average molecular weight is 177 g/mol. The molecule has 1 rings (SSSR count). The highest BCUT2D eigenvalue weighted by molar-refractivity contribution is 5.19. The first-order chi connectivity index (χ1) is 5.55. The summed E-state index contributed by atoms with van der Waals surface area (Å²) in [7, 11) is 0. The molecule has 0 saturated carbocycles. The first-order valence-corrected chi connectivity index (χ1v) is 3.17. The molecule has 0 aliphatic carbocycles. The van der Waals surface area contributed by atoms with Crippen molar-refractivity contribution in [3.05, 3.63) is 35.9 Å². The summed E-state index contributed by atoms with van der Waals surface area (Å²) >= 11 is 0. The quantitative estimate of drug-likeness (QED) is 0.609. The Morgan fingerprint density at radius 3 is 2.42 bits per heavy atom. The third-order valence-electron chi connectivity index (χ3n) is 1.37. The molecule has 65 valence electrons. The Labute approximate surface area is 66.8 Å². The standard InChI is InChI=1S/C8H5F4/c9-7(10)8(11,12)6-4-2-1-3-5-6/h1-2,4-5,7H. The predicted molar refractivity (Wildman–Crippen MR) is 35.2 cm³/mol. The van der Waals surface area contributed by atoms with Crippen LogP contribution in [0.4, 0.5) is 17.6 Å². The Morgan fingerprint density at radius 2 is 2.00 bits per heavy atom. The van der Waals surface area contributed by atoms with Crippen molar-refractivity contribution in [1.29, 1.82) is 0 Å². The Hall–Kier alpha value is -1.06. The summed E-state index contributed by atoms with van der Waals surface area (Å²) in [6.07, 6.45) is -3.67. The SMILES string of the molecule is FC(F)C(F)(F)c1c[c]ccc1. The number of alkyl halides is 4. The van der Waals surface area contributed by atoms with Crippen molar-refractivity contribution in [2.75, 3.05) is 0 Å². The fourth-order valence-corrected chi connectivity index (χ4v) is 0.727. The third kappa shape index (κ3) is 1.57. The Balaban J connectivity index is 2.98. The molecule has 0 aromatic heterocycles. The van der Waals surface area contributed by atoms with Crippen LogP contribution in [0.3, 0.4) is 0 Å². The van der Waals surface area contributed by atoms with Gasteiger partial charge in [0.1, 0.15) is 0 Å². The number of hydrogen-bond donors (Lipinski definition) is 0. The lowest BCUT2D eigenvalue weighted by Gasteiger charge is -2.14. The molecule has 0 heterocycles. The molecule has 0 nitrogen and oxygen atoms in total. The second kappa shape index (κ2) is 3.13. The second-order valence-electron chi connectivity index (χ2n) is 2.22. The molecular formula is C8H5F4. The highest BCUT2D eigenvalue weighted by Gasteiger charge is 2.42. The van der Waals surface area contributed by atoms with Gasteiger partial charge in [-0.2, -0.15) is 8.78 Å². The van der Waals surface area contributed by atoms with Crippen molar-refractivity contribution in [1.82, 2.24) is 0 Å². The molecule has 0 N–H and O–H groups in total. The van der Waals surface area contributed by atoms with Gasteiger partial charge >= 0.3 is 12.3 Å². The summed E-state index contributed by atoms with van der Waals surface area (Å²) in [4.78, 5) is 0. The largest absolute Gasteiger partial charge is 0.332 e. The van der Waals surface area contributed by atoms with Gasteiger partial charge in [0.15, 0.2) is 0 Å². The monoisotopic (exact) mass is 177 g/mol. The molecule has 0 aliphatic heterocycles. The molecule has 1 aromatic rings. The van der Waals surface area contributed by atoms with Crippen LogP contribution in [0.15, 0.2) is 24.3 Å². The van der Waals surface area contributed by atoms with Gasteiger partial charge in [-0.15, -0.1) is 0 Å². The number of halogens is 4. The van der Waals surface area contributed by atoms with E-state index >= 15 is 0 Å². The molecular weight excluding hydrogens is 172 g/mol. The van der Waals surface area contributed by atoms with Crippen LogP contribution in [-0.4, -0.2) is 6.43 Å². The molecule has 0 aliphatic rings. The van der Waals surface area contributed by atoms with E-state index in [2.05, 4.69) is 6.07 Å². The zero-order valence-electron chi connectivity index (χ0n) is 5.90. The zero-order chi connectivity index (χ0) is 9.19. The second-order valence-corrected chi connectivity index (χ2v) is 2.22. The van der Waals surface area contributed by atoms with E-state index in [4.69, 9.17) is 0 Å². The van der Waals surface area contributed by atoms with Crippen LogP contribution in [0.5, 0.6) is 0 Å². The maximum Gasteiger partial charge on any atom is 0.332 e. The van der Waals surface area contributed by atoms with Crippen molar-refractivity contribution in [3.8, 4) is 0 Å². The molecule has 4 heteroatoms. The Bertz CT molecular complexity index is 242. The molecule has 0 unspecified atom stereocenters. The number of hydrogen-bond acceptors (Lipinski definition) is 0. The van der Waals surface area contributed by atoms with Crippen LogP contribution in [-0.2, 0) is 5.92 Å². The van der Waals surface area contributed by atoms with E-state index in [9.17, 15) is 17.6 Å². The summed E-state index contributed by atoms with van der Waals surface area (Å²) in [5, 5.41) is 0. The minimum atomic E-state index is -4.07. The zero-order valence-corrected chi connectivity index (χ0v) is 5.90. The highest BCUT2D eigenvalue weighted by atomic mass is 19.3. The molecule has 0 fully saturated rings. The maximum absolute atomic E-state index is 12.5. The summed E-state index contributed by atoms with van der Waals surface area (Å²) < 4.78 is 48.5. The molecule has 0 amide bonds. The number of benzene rings is 1. The van der Waals surface area contributed by atoms with Crippen LogP contribution >= 0.6 is 0 Å². The third-order valence-corrected chi connectivity index (χ3v) is 1.37. The summed E-state index contributed by atoms with van der Waals surface area (Å²) in [5.74, 6) is -4.07. The Morgan fingerprint density at radius 1 is 1.33 bits per heavy atom. The fraction of sp³-hybridized carbons (Fsp3) is 0.250. The van der Waals surface area contributed by atoms with E-state index in [-0.39, 0.29) is 0 Å². The molecule has 1 aromatic carbocycles. The normalized spacial score (nSPS) is 12.1. The highest BCUT2D eigenvalue weighted by Crippen LogP contribution is 2.33. The average Bonchev–Trinajstić information content (AvgIpc) is 2.06. The van der Waals surface area contributed by atoms with Gasteiger partial charge in [-0.05, 0) is 12.1 Å². The molecule has 0 spiro atoms. The van der Waals surface area contributed by atoms with E-state index in [1.807, 2.05) is 0 Å². The van der Waals surface area contributed by atoms with Crippen LogP contribution in [0, 0.1) is 6.07 Å². The van der Waals surface area contributed by atoms with Gasteiger partial charge in [0, 0.05) is 5.56 Å². The van der Waals surface area contributed by atoms with Gasteiger partial charge in [-0.1, -0.05) is 18.2 Å². The molecule has 0 saturated heterocycles. The van der Waals surface area contributed by atoms with Crippen molar-refractivity contribution in [2.45, 2.75) is 12.3 Å². The van der Waals surface area contributed by atoms with Gasteiger partial charge < -0.3 is 0 Å². The predicted octanol–water partition coefficient (Wildman–Crippen LogP) is 2.84. The minimum Gasteiger partial charge on any atom is -0.203 e. The van der Waals surface area contributed by atoms with Crippen molar-refractivity contribution < 1.29 is 17.6 Å². The van der Waals surface area contributed by atoms with Gasteiger partial charge in [0.25, 0.3) is 0 Å². The van der Waals surface area contributed by atoms with Crippen LogP contribution in [0.1, 0.15) is 5.56 Å². The molecule has 1 radical (unpaired) electrons. The summed E-state index contributed by atoms with van der Waals surface area (Å²) in [5.41, 5.74) is -0.708. The van der Waals surface area contributed by atoms with E-state index in [1.165, 1.54) is 12.1 Å². The van der Waals surface area contributed by atoms with Gasteiger partial charge in [-0.3, -0.25) is 0 Å². The van der Waals surface area contributed by atoms with Crippen LogP contribution in [0.25, 0.3) is 0 Å². The first-order valence-electron chi connectivity index (χ1n) is 3.17. The topological polar surface area (TPSA) is 0 Å². The van der Waals surface area contributed by atoms with Gasteiger partial charge in [0.2, 0.25) is 0 Å². The number of rotatable bonds is 2. The van der Waals surface area contributed by atoms with E-state index < -0.39 is 17.9 Å². The first kappa shape index (κ1) is 9.03. The lowest BCUT2D eigenvalue weighted by atomic mass is 10.1. The lowest BCUT2D eigenvalue weighted by molar-refractivity contribution is -0.135. The minimum absolute atomic E-state index is 0.708. The Kier molecular flexibility index (Phi) is 2.35. The van der Waals surface area contributed by atoms with Gasteiger partial charge in [0.05, 0.1) is 0 Å². The van der Waals surface area contributed by atoms with Crippen molar-refractivity contribution in [3.63, 3.8) is 0 Å². The van der Waals surface area contributed by atoms with E-state index in [1.54, 1.807) is 0 Å². The summed E-state index contributed by atoms with van der Waals surface area (Å²) in [6, 6.07) is 6.72. The lowest BCUT2D eigenvalue weighted by Crippen LogP contribution is -2.23. The van der Waals surface area contributed by atoms with Crippen molar-refractivity contribution in [2.24, 2.45) is 0 Å². The smallest absolute Gasteiger partial charge is 0.203 e. The van der Waals surface area contributed by atoms with Crippen LogP contribution < -0.4 is 0 Å². The molecule has 12 heavy (non-hydrogen) atoms. The maximum atomic E-state index is 12.5. The van der Waals surface area contributed by atoms with E-state index in [0.29, 0.717) is 0 Å². The van der Waals surface area contributed by atoms with Gasteiger partial charge in [-0.25, -0.2) is 8.78 Å². The van der Waals surface area contributed by atoms with Crippen molar-refractivity contribution >= 4 is 0 Å². The van der Waals surface area contributed by atoms with Crippen LogP contribution in [0.2, 0.25) is 0 Å².